The summed E-state index contributed by atoms with van der Waals surface area (Å²) in [4.78, 5) is 16.2. The Bertz CT molecular complexity index is 515. The summed E-state index contributed by atoms with van der Waals surface area (Å²) >= 11 is 0. The Hall–Kier alpha value is -1.31. The Morgan fingerprint density at radius 1 is 1.21 bits per heavy atom. The van der Waals surface area contributed by atoms with E-state index < -0.39 is 0 Å². The van der Waals surface area contributed by atoms with Crippen LogP contribution in [0.15, 0.2) is 35.3 Å². The molecule has 0 heterocycles. The van der Waals surface area contributed by atoms with Gasteiger partial charge in [-0.05, 0) is 25.3 Å². The van der Waals surface area contributed by atoms with E-state index >= 15 is 0 Å². The van der Waals surface area contributed by atoms with Crippen molar-refractivity contribution in [2.24, 2.45) is 4.99 Å². The molecule has 1 fully saturated rings. The summed E-state index contributed by atoms with van der Waals surface area (Å²) in [5.74, 6) is 0.673. The largest absolute Gasteiger partial charge is 0.352 e. The Morgan fingerprint density at radius 2 is 1.88 bits per heavy atom. The van der Waals surface area contributed by atoms with E-state index in [2.05, 4.69) is 40.0 Å². The lowest BCUT2D eigenvalue weighted by Gasteiger charge is -2.23. The Kier molecular flexibility index (Phi) is 9.75. The summed E-state index contributed by atoms with van der Waals surface area (Å²) in [7, 11) is 1.71. The highest BCUT2D eigenvalue weighted by Gasteiger charge is 2.16. The number of hydrogen-bond donors (Lipinski definition) is 3. The molecule has 1 amide bonds. The molecule has 3 N–H and O–H groups in total. The van der Waals surface area contributed by atoms with Gasteiger partial charge in [0.1, 0.15) is 0 Å². The number of rotatable bonds is 5. The van der Waals surface area contributed by atoms with Crippen LogP contribution in [0.3, 0.4) is 0 Å². The van der Waals surface area contributed by atoms with Crippen LogP contribution < -0.4 is 16.0 Å². The van der Waals surface area contributed by atoms with E-state index in [9.17, 15) is 4.79 Å². The molecular formula is C18H29IN4O. The lowest BCUT2D eigenvalue weighted by molar-refractivity contribution is -0.120. The van der Waals surface area contributed by atoms with Crippen LogP contribution in [0.4, 0.5) is 0 Å². The number of carbonyl (C=O) groups excluding carboxylic acids is 1. The lowest BCUT2D eigenvalue weighted by Crippen LogP contribution is -2.46. The van der Waals surface area contributed by atoms with Crippen molar-refractivity contribution in [3.8, 4) is 0 Å². The van der Waals surface area contributed by atoms with Crippen molar-refractivity contribution in [3.63, 3.8) is 0 Å². The van der Waals surface area contributed by atoms with Gasteiger partial charge in [0.25, 0.3) is 0 Å². The monoisotopic (exact) mass is 444 g/mol. The molecule has 1 unspecified atom stereocenters. The second kappa shape index (κ2) is 11.3. The van der Waals surface area contributed by atoms with Crippen molar-refractivity contribution >= 4 is 35.8 Å². The highest BCUT2D eigenvalue weighted by Crippen LogP contribution is 2.17. The summed E-state index contributed by atoms with van der Waals surface area (Å²) in [5.41, 5.74) is 1.18. The predicted molar refractivity (Wildman–Crippen MR) is 110 cm³/mol. The van der Waals surface area contributed by atoms with Gasteiger partial charge in [0.05, 0.1) is 12.6 Å². The SMILES string of the molecule is CN=C(NCC(=O)NC1CCCCC1)NC(C)c1ccccc1.I. The van der Waals surface area contributed by atoms with Crippen molar-refractivity contribution in [3.05, 3.63) is 35.9 Å². The molecule has 0 bridgehead atoms. The second-order valence-corrected chi connectivity index (χ2v) is 6.10. The Balaban J connectivity index is 0.00000288. The molecule has 6 heteroatoms. The number of aliphatic imine (C=N–C) groups is 1. The van der Waals surface area contributed by atoms with Gasteiger partial charge >= 0.3 is 0 Å². The maximum atomic E-state index is 12.0. The van der Waals surface area contributed by atoms with Gasteiger partial charge in [0, 0.05) is 13.1 Å². The maximum Gasteiger partial charge on any atom is 0.239 e. The highest BCUT2D eigenvalue weighted by molar-refractivity contribution is 14.0. The Labute approximate surface area is 162 Å². The zero-order valence-corrected chi connectivity index (χ0v) is 16.9. The van der Waals surface area contributed by atoms with Crippen LogP contribution in [-0.2, 0) is 4.79 Å². The second-order valence-electron chi connectivity index (χ2n) is 6.10. The number of halogens is 1. The van der Waals surface area contributed by atoms with Gasteiger partial charge < -0.3 is 16.0 Å². The molecular weight excluding hydrogens is 415 g/mol. The molecule has 0 aromatic heterocycles. The number of benzene rings is 1. The van der Waals surface area contributed by atoms with E-state index in [4.69, 9.17) is 0 Å². The van der Waals surface area contributed by atoms with Gasteiger partial charge in [-0.3, -0.25) is 9.79 Å². The van der Waals surface area contributed by atoms with Gasteiger partial charge in [-0.25, -0.2) is 0 Å². The zero-order valence-electron chi connectivity index (χ0n) is 14.5. The van der Waals surface area contributed by atoms with Crippen LogP contribution in [-0.4, -0.2) is 31.5 Å². The number of nitrogens with one attached hydrogen (secondary N) is 3. The number of carbonyl (C=O) groups is 1. The first-order valence-corrected chi connectivity index (χ1v) is 8.50. The van der Waals surface area contributed by atoms with Crippen molar-refractivity contribution in [2.45, 2.75) is 51.1 Å². The van der Waals surface area contributed by atoms with Gasteiger partial charge in [-0.2, -0.15) is 0 Å². The van der Waals surface area contributed by atoms with Crippen LogP contribution in [0.25, 0.3) is 0 Å². The van der Waals surface area contributed by atoms with E-state index in [1.807, 2.05) is 18.2 Å². The Morgan fingerprint density at radius 3 is 2.50 bits per heavy atom. The third-order valence-electron chi connectivity index (χ3n) is 4.26. The fourth-order valence-electron chi connectivity index (χ4n) is 2.91. The molecule has 1 aliphatic carbocycles. The molecule has 1 atom stereocenters. The van der Waals surface area contributed by atoms with Crippen molar-refractivity contribution in [1.29, 1.82) is 0 Å². The van der Waals surface area contributed by atoms with Crippen molar-refractivity contribution < 1.29 is 4.79 Å². The number of amides is 1. The molecule has 1 aromatic carbocycles. The number of nitrogens with zero attached hydrogens (tertiary/aromatic N) is 1. The van der Waals surface area contributed by atoms with Crippen LogP contribution >= 0.6 is 24.0 Å². The topological polar surface area (TPSA) is 65.5 Å². The zero-order chi connectivity index (χ0) is 16.5. The first-order valence-electron chi connectivity index (χ1n) is 8.50. The first-order chi connectivity index (χ1) is 11.2. The van der Waals surface area contributed by atoms with Crippen molar-refractivity contribution in [1.82, 2.24) is 16.0 Å². The molecule has 24 heavy (non-hydrogen) atoms. The van der Waals surface area contributed by atoms with Crippen molar-refractivity contribution in [2.75, 3.05) is 13.6 Å². The average Bonchev–Trinajstić information content (AvgIpc) is 2.60. The molecule has 0 spiro atoms. The summed E-state index contributed by atoms with van der Waals surface area (Å²) in [6, 6.07) is 10.6. The molecule has 0 radical (unpaired) electrons. The smallest absolute Gasteiger partial charge is 0.239 e. The molecule has 134 valence electrons. The molecule has 0 aliphatic heterocycles. The van der Waals surface area contributed by atoms with Crippen LogP contribution in [0.5, 0.6) is 0 Å². The third kappa shape index (κ3) is 7.07. The minimum absolute atomic E-state index is 0. The van der Waals surface area contributed by atoms with Crippen LogP contribution in [0.2, 0.25) is 0 Å². The molecule has 1 aliphatic rings. The van der Waals surface area contributed by atoms with Crippen LogP contribution in [0, 0.1) is 0 Å². The molecule has 2 rings (SSSR count). The average molecular weight is 444 g/mol. The van der Waals surface area contributed by atoms with Gasteiger partial charge in [0.15, 0.2) is 5.96 Å². The summed E-state index contributed by atoms with van der Waals surface area (Å²) in [6.07, 6.45) is 5.93. The molecule has 5 nitrogen and oxygen atoms in total. The predicted octanol–water partition coefficient (Wildman–Crippen LogP) is 2.98. The summed E-state index contributed by atoms with van der Waals surface area (Å²) in [5, 5.41) is 9.49. The minimum Gasteiger partial charge on any atom is -0.352 e. The standard InChI is InChI=1S/C18H28N4O.HI/c1-14(15-9-5-3-6-10-15)21-18(19-2)20-13-17(23)22-16-11-7-4-8-12-16;/h3,5-6,9-10,14,16H,4,7-8,11-13H2,1-2H3,(H,22,23)(H2,19,20,21);1H. The van der Waals surface area contributed by atoms with Gasteiger partial charge in [0.2, 0.25) is 5.91 Å². The fourth-order valence-corrected chi connectivity index (χ4v) is 2.91. The quantitative estimate of drug-likeness (QED) is 0.372. The van der Waals surface area contributed by atoms with E-state index in [-0.39, 0.29) is 42.5 Å². The molecule has 1 aromatic rings. The molecule has 0 saturated heterocycles. The number of guanidine groups is 1. The van der Waals surface area contributed by atoms with E-state index in [1.54, 1.807) is 7.05 Å². The number of hydrogen-bond acceptors (Lipinski definition) is 2. The highest BCUT2D eigenvalue weighted by atomic mass is 127. The summed E-state index contributed by atoms with van der Waals surface area (Å²) < 4.78 is 0. The fraction of sp³-hybridized carbons (Fsp3) is 0.556. The summed E-state index contributed by atoms with van der Waals surface area (Å²) in [6.45, 7) is 2.32. The minimum atomic E-state index is 0. The maximum absolute atomic E-state index is 12.0. The van der Waals surface area contributed by atoms with Crippen LogP contribution in [0.1, 0.15) is 50.6 Å². The van der Waals surface area contributed by atoms with Gasteiger partial charge in [-0.1, -0.05) is 49.6 Å². The van der Waals surface area contributed by atoms with Gasteiger partial charge in [-0.15, -0.1) is 24.0 Å². The third-order valence-corrected chi connectivity index (χ3v) is 4.26. The van der Waals surface area contributed by atoms with E-state index in [0.717, 1.165) is 12.8 Å². The molecule has 1 saturated carbocycles. The first kappa shape index (κ1) is 20.7. The van der Waals surface area contributed by atoms with E-state index in [0.29, 0.717) is 12.0 Å². The lowest BCUT2D eigenvalue weighted by atomic mass is 9.95. The van der Waals surface area contributed by atoms with E-state index in [1.165, 1.54) is 24.8 Å². The normalized spacial score (nSPS) is 16.7.